The zero-order chi connectivity index (χ0) is 9.80. The molecular weight excluding hydrogens is 172 g/mol. The summed E-state index contributed by atoms with van der Waals surface area (Å²) in [4.78, 5) is 4.24. The average molecular weight is 190 g/mol. The summed E-state index contributed by atoms with van der Waals surface area (Å²) in [6.07, 6.45) is 8.82. The van der Waals surface area contributed by atoms with Crippen molar-refractivity contribution in [2.45, 2.75) is 38.0 Å². The molecule has 2 rings (SSSR count). The van der Waals surface area contributed by atoms with Gasteiger partial charge in [0.25, 0.3) is 0 Å². The van der Waals surface area contributed by atoms with E-state index < -0.39 is 0 Å². The minimum absolute atomic E-state index is 0.777. The van der Waals surface area contributed by atoms with Gasteiger partial charge in [-0.05, 0) is 36.5 Å². The van der Waals surface area contributed by atoms with Crippen LogP contribution in [0.5, 0.6) is 0 Å². The zero-order valence-corrected chi connectivity index (χ0v) is 8.79. The molecule has 0 unspecified atom stereocenters. The first kappa shape index (κ1) is 9.50. The Labute approximate surface area is 85.7 Å². The highest BCUT2D eigenvalue weighted by Gasteiger charge is 2.15. The van der Waals surface area contributed by atoms with Crippen LogP contribution in [0, 0.1) is 0 Å². The molecule has 0 aromatic carbocycles. The summed E-state index contributed by atoms with van der Waals surface area (Å²) in [5.41, 5.74) is 1.46. The largest absolute Gasteiger partial charge is 0.373 e. The third-order valence-corrected chi connectivity index (χ3v) is 3.12. The second kappa shape index (κ2) is 4.45. The summed E-state index contributed by atoms with van der Waals surface area (Å²) in [7, 11) is 1.92. The maximum Gasteiger partial charge on any atom is 0.125 e. The Bertz CT molecular complexity index is 290. The molecule has 1 aromatic heterocycles. The Morgan fingerprint density at radius 2 is 2.07 bits per heavy atom. The van der Waals surface area contributed by atoms with Crippen molar-refractivity contribution in [2.24, 2.45) is 0 Å². The highest BCUT2D eigenvalue weighted by molar-refractivity contribution is 5.38. The lowest BCUT2D eigenvalue weighted by atomic mass is 9.84. The molecule has 0 atom stereocenters. The molecule has 0 amide bonds. The lowest BCUT2D eigenvalue weighted by molar-refractivity contribution is 0.443. The molecule has 0 aliphatic heterocycles. The Morgan fingerprint density at radius 1 is 1.29 bits per heavy atom. The van der Waals surface area contributed by atoms with Gasteiger partial charge in [-0.25, -0.2) is 4.98 Å². The van der Waals surface area contributed by atoms with Crippen molar-refractivity contribution in [3.8, 4) is 0 Å². The van der Waals surface area contributed by atoms with Gasteiger partial charge in [-0.3, -0.25) is 0 Å². The van der Waals surface area contributed by atoms with Crippen molar-refractivity contribution in [2.75, 3.05) is 12.4 Å². The lowest BCUT2D eigenvalue weighted by Gasteiger charge is -2.22. The van der Waals surface area contributed by atoms with Crippen LogP contribution >= 0.6 is 0 Å². The van der Waals surface area contributed by atoms with E-state index in [2.05, 4.69) is 22.4 Å². The Hall–Kier alpha value is -1.05. The van der Waals surface area contributed by atoms with Crippen LogP contribution in [0.15, 0.2) is 18.3 Å². The second-order valence-electron chi connectivity index (χ2n) is 4.06. The highest BCUT2D eigenvalue weighted by Crippen LogP contribution is 2.32. The van der Waals surface area contributed by atoms with Crippen molar-refractivity contribution in [1.82, 2.24) is 4.98 Å². The Balaban J connectivity index is 2.13. The van der Waals surface area contributed by atoms with Crippen LogP contribution in [0.4, 0.5) is 5.82 Å². The van der Waals surface area contributed by atoms with Gasteiger partial charge in [0, 0.05) is 13.2 Å². The molecule has 0 radical (unpaired) electrons. The van der Waals surface area contributed by atoms with Crippen LogP contribution in [0.25, 0.3) is 0 Å². The summed E-state index contributed by atoms with van der Waals surface area (Å²) < 4.78 is 0. The minimum atomic E-state index is 0.777. The molecule has 14 heavy (non-hydrogen) atoms. The first-order valence-electron chi connectivity index (χ1n) is 5.54. The molecule has 1 aliphatic carbocycles. The van der Waals surface area contributed by atoms with E-state index >= 15 is 0 Å². The topological polar surface area (TPSA) is 24.9 Å². The fraction of sp³-hybridized carbons (Fsp3) is 0.583. The summed E-state index contributed by atoms with van der Waals surface area (Å²) in [6, 6.07) is 4.35. The van der Waals surface area contributed by atoms with E-state index in [0.29, 0.717) is 0 Å². The van der Waals surface area contributed by atoms with Gasteiger partial charge in [0.15, 0.2) is 0 Å². The smallest absolute Gasteiger partial charge is 0.125 e. The van der Waals surface area contributed by atoms with Crippen molar-refractivity contribution in [3.63, 3.8) is 0 Å². The molecule has 1 saturated carbocycles. The highest BCUT2D eigenvalue weighted by atomic mass is 14.9. The van der Waals surface area contributed by atoms with Crippen LogP contribution in [-0.2, 0) is 0 Å². The SMILES string of the molecule is CNc1cc(C2CCCCC2)ccn1. The minimum Gasteiger partial charge on any atom is -0.373 e. The van der Waals surface area contributed by atoms with Crippen LogP contribution in [0.3, 0.4) is 0 Å². The van der Waals surface area contributed by atoms with Gasteiger partial charge in [-0.1, -0.05) is 19.3 Å². The van der Waals surface area contributed by atoms with Crippen LogP contribution < -0.4 is 5.32 Å². The number of hydrogen-bond donors (Lipinski definition) is 1. The van der Waals surface area contributed by atoms with Crippen molar-refractivity contribution in [3.05, 3.63) is 23.9 Å². The van der Waals surface area contributed by atoms with E-state index in [1.807, 2.05) is 13.2 Å². The normalized spacial score (nSPS) is 18.1. The van der Waals surface area contributed by atoms with E-state index in [1.165, 1.54) is 37.7 Å². The molecule has 1 aromatic rings. The van der Waals surface area contributed by atoms with E-state index in [9.17, 15) is 0 Å². The summed E-state index contributed by atoms with van der Waals surface area (Å²) >= 11 is 0. The van der Waals surface area contributed by atoms with Crippen LogP contribution in [0.2, 0.25) is 0 Å². The van der Waals surface area contributed by atoms with Crippen LogP contribution in [-0.4, -0.2) is 12.0 Å². The molecular formula is C12H18N2. The fourth-order valence-electron chi connectivity index (χ4n) is 2.27. The Morgan fingerprint density at radius 3 is 2.79 bits per heavy atom. The predicted molar refractivity (Wildman–Crippen MR) is 59.6 cm³/mol. The van der Waals surface area contributed by atoms with E-state index in [0.717, 1.165) is 11.7 Å². The predicted octanol–water partition coefficient (Wildman–Crippen LogP) is 3.17. The summed E-state index contributed by atoms with van der Waals surface area (Å²) in [6.45, 7) is 0. The van der Waals surface area contributed by atoms with Gasteiger partial charge >= 0.3 is 0 Å². The monoisotopic (exact) mass is 190 g/mol. The van der Waals surface area contributed by atoms with Crippen molar-refractivity contribution >= 4 is 5.82 Å². The number of nitrogens with one attached hydrogen (secondary N) is 1. The van der Waals surface area contributed by atoms with Gasteiger partial charge in [-0.15, -0.1) is 0 Å². The molecule has 2 heteroatoms. The number of anilines is 1. The molecule has 0 saturated heterocycles. The Kier molecular flexibility index (Phi) is 3.02. The molecule has 1 aliphatic rings. The number of nitrogens with zero attached hydrogens (tertiary/aromatic N) is 1. The second-order valence-corrected chi connectivity index (χ2v) is 4.06. The molecule has 0 bridgehead atoms. The molecule has 1 fully saturated rings. The first-order chi connectivity index (χ1) is 6.90. The molecule has 76 valence electrons. The van der Waals surface area contributed by atoms with E-state index in [4.69, 9.17) is 0 Å². The zero-order valence-electron chi connectivity index (χ0n) is 8.79. The average Bonchev–Trinajstić information content (AvgIpc) is 2.30. The van der Waals surface area contributed by atoms with Gasteiger partial charge in [0.2, 0.25) is 0 Å². The quantitative estimate of drug-likeness (QED) is 0.774. The number of hydrogen-bond acceptors (Lipinski definition) is 2. The van der Waals surface area contributed by atoms with E-state index in [-0.39, 0.29) is 0 Å². The lowest BCUT2D eigenvalue weighted by Crippen LogP contribution is -2.05. The molecule has 0 spiro atoms. The summed E-state index contributed by atoms with van der Waals surface area (Å²) in [5, 5.41) is 3.10. The standard InChI is InChI=1S/C12H18N2/c1-13-12-9-11(7-8-14-12)10-5-3-2-4-6-10/h7-10H,2-6H2,1H3,(H,13,14). The van der Waals surface area contributed by atoms with Gasteiger partial charge in [0.05, 0.1) is 0 Å². The maximum absolute atomic E-state index is 4.24. The van der Waals surface area contributed by atoms with Crippen LogP contribution in [0.1, 0.15) is 43.6 Å². The summed E-state index contributed by atoms with van der Waals surface area (Å²) in [5.74, 6) is 1.77. The molecule has 1 N–H and O–H groups in total. The van der Waals surface area contributed by atoms with E-state index in [1.54, 1.807) is 0 Å². The van der Waals surface area contributed by atoms with Gasteiger partial charge in [0.1, 0.15) is 5.82 Å². The fourth-order valence-corrected chi connectivity index (χ4v) is 2.27. The molecule has 2 nitrogen and oxygen atoms in total. The number of pyridine rings is 1. The van der Waals surface area contributed by atoms with Crippen molar-refractivity contribution < 1.29 is 0 Å². The first-order valence-corrected chi connectivity index (χ1v) is 5.54. The van der Waals surface area contributed by atoms with Crippen molar-refractivity contribution in [1.29, 1.82) is 0 Å². The third-order valence-electron chi connectivity index (χ3n) is 3.12. The maximum atomic E-state index is 4.24. The number of aromatic nitrogens is 1. The number of rotatable bonds is 2. The van der Waals surface area contributed by atoms with Gasteiger partial charge in [-0.2, -0.15) is 0 Å². The molecule has 1 heterocycles. The third kappa shape index (κ3) is 2.06. The van der Waals surface area contributed by atoms with Gasteiger partial charge < -0.3 is 5.32 Å².